The average molecular weight is 443 g/mol. The van der Waals surface area contributed by atoms with E-state index in [4.69, 9.17) is 0 Å². The second-order valence-corrected chi connectivity index (χ2v) is 9.58. The summed E-state index contributed by atoms with van der Waals surface area (Å²) in [5.74, 6) is 0.520. The Morgan fingerprint density at radius 1 is 0.812 bits per heavy atom. The Hall–Kier alpha value is -3.05. The lowest BCUT2D eigenvalue weighted by Crippen LogP contribution is -2.62. The lowest BCUT2D eigenvalue weighted by atomic mass is 9.84. The highest BCUT2D eigenvalue weighted by Gasteiger charge is 2.45. The van der Waals surface area contributed by atoms with E-state index in [1.807, 2.05) is 18.2 Å². The van der Waals surface area contributed by atoms with Crippen LogP contribution in [0.1, 0.15) is 29.5 Å². The zero-order valence-electron chi connectivity index (χ0n) is 17.8. The number of nitrogens with zero attached hydrogens (tertiary/aromatic N) is 1. The summed E-state index contributed by atoms with van der Waals surface area (Å²) < 4.78 is -0.503. The van der Waals surface area contributed by atoms with E-state index in [0.29, 0.717) is 12.3 Å². The molecule has 3 aromatic carbocycles. The molecule has 0 saturated carbocycles. The van der Waals surface area contributed by atoms with Gasteiger partial charge in [0.2, 0.25) is 11.8 Å². The summed E-state index contributed by atoms with van der Waals surface area (Å²) in [6, 6.07) is 30.4. The second kappa shape index (κ2) is 8.83. The van der Waals surface area contributed by atoms with Gasteiger partial charge >= 0.3 is 0 Å². The van der Waals surface area contributed by atoms with Gasteiger partial charge in [0.25, 0.3) is 0 Å². The van der Waals surface area contributed by atoms with E-state index in [2.05, 4.69) is 78.1 Å². The smallest absolute Gasteiger partial charge is 0.246 e. The van der Waals surface area contributed by atoms with Crippen LogP contribution in [0.3, 0.4) is 0 Å². The Morgan fingerprint density at radius 3 is 1.81 bits per heavy atom. The fourth-order valence-corrected chi connectivity index (χ4v) is 6.47. The van der Waals surface area contributed by atoms with Crippen LogP contribution in [-0.2, 0) is 14.3 Å². The molecule has 4 nitrogen and oxygen atoms in total. The first-order valence-electron chi connectivity index (χ1n) is 11.1. The number of piperazine rings is 1. The molecule has 0 radical (unpaired) electrons. The normalized spacial score (nSPS) is 20.7. The molecule has 2 aliphatic heterocycles. The molecule has 2 aliphatic rings. The summed E-state index contributed by atoms with van der Waals surface area (Å²) in [4.78, 5) is 27.6. The van der Waals surface area contributed by atoms with Crippen LogP contribution in [0.4, 0.5) is 0 Å². The Kier molecular flexibility index (Phi) is 5.75. The minimum atomic E-state index is -0.516. The predicted octanol–water partition coefficient (Wildman–Crippen LogP) is 4.20. The maximum absolute atomic E-state index is 13.2. The van der Waals surface area contributed by atoms with Gasteiger partial charge in [-0.05, 0) is 29.5 Å². The van der Waals surface area contributed by atoms with Crippen molar-refractivity contribution in [2.24, 2.45) is 0 Å². The van der Waals surface area contributed by atoms with Gasteiger partial charge in [0.1, 0.15) is 12.1 Å². The summed E-state index contributed by atoms with van der Waals surface area (Å²) in [5, 5.41) is 3.01. The topological polar surface area (TPSA) is 49.4 Å². The fraction of sp³-hybridized carbons (Fsp3) is 0.259. The van der Waals surface area contributed by atoms with Crippen molar-refractivity contribution in [3.05, 3.63) is 108 Å². The second-order valence-electron chi connectivity index (χ2n) is 8.34. The molecule has 5 rings (SSSR count). The molecule has 2 unspecified atom stereocenters. The molecule has 162 valence electrons. The Labute approximate surface area is 193 Å². The van der Waals surface area contributed by atoms with Gasteiger partial charge in [-0.2, -0.15) is 0 Å². The van der Waals surface area contributed by atoms with Crippen molar-refractivity contribution < 1.29 is 9.59 Å². The monoisotopic (exact) mass is 442 g/mol. The van der Waals surface area contributed by atoms with Crippen LogP contribution in [0, 0.1) is 0 Å². The first kappa shape index (κ1) is 20.8. The lowest BCUT2D eigenvalue weighted by Gasteiger charge is -2.39. The number of fused-ring (bicyclic) bond motifs is 1. The van der Waals surface area contributed by atoms with E-state index in [9.17, 15) is 9.59 Å². The molecule has 0 spiro atoms. The standard InChI is InChI=1S/C27H26N2O2S/c30-25-24-17-10-18-29(24)26(31)23(28-25)19-32-27(20-11-4-1-5-12-20,21-13-6-2-7-14-21)22-15-8-3-9-16-22/h1-9,11-16,23-24H,10,17-19H2,(H,28,30). The number of carbonyl (C=O) groups excluding carboxylic acids is 2. The van der Waals surface area contributed by atoms with Gasteiger partial charge in [0.15, 0.2) is 0 Å². The van der Waals surface area contributed by atoms with Crippen molar-refractivity contribution in [1.29, 1.82) is 0 Å². The molecule has 5 heteroatoms. The van der Waals surface area contributed by atoms with E-state index in [0.717, 1.165) is 29.5 Å². The van der Waals surface area contributed by atoms with Crippen LogP contribution in [0.5, 0.6) is 0 Å². The zero-order valence-corrected chi connectivity index (χ0v) is 18.6. The first-order valence-corrected chi connectivity index (χ1v) is 12.1. The quantitative estimate of drug-likeness (QED) is 0.582. The first-order chi connectivity index (χ1) is 15.7. The number of hydrogen-bond acceptors (Lipinski definition) is 3. The van der Waals surface area contributed by atoms with E-state index in [1.165, 1.54) is 0 Å². The SMILES string of the molecule is O=C1NC(CSC(c2ccccc2)(c2ccccc2)c2ccccc2)C(=O)N2CCCC12. The van der Waals surface area contributed by atoms with Gasteiger partial charge in [-0.25, -0.2) is 0 Å². The van der Waals surface area contributed by atoms with Crippen molar-refractivity contribution in [3.8, 4) is 0 Å². The van der Waals surface area contributed by atoms with Crippen LogP contribution >= 0.6 is 11.8 Å². The molecule has 2 amide bonds. The number of nitrogens with one attached hydrogen (secondary N) is 1. The molecule has 0 aliphatic carbocycles. The van der Waals surface area contributed by atoms with Gasteiger partial charge in [0, 0.05) is 12.3 Å². The zero-order chi connectivity index (χ0) is 22.0. The van der Waals surface area contributed by atoms with E-state index in [1.54, 1.807) is 16.7 Å². The largest absolute Gasteiger partial charge is 0.342 e. The third-order valence-corrected chi connectivity index (χ3v) is 8.10. The van der Waals surface area contributed by atoms with Crippen molar-refractivity contribution in [2.75, 3.05) is 12.3 Å². The highest BCUT2D eigenvalue weighted by atomic mass is 32.2. The number of rotatable bonds is 6. The van der Waals surface area contributed by atoms with Crippen molar-refractivity contribution >= 4 is 23.6 Å². The Bertz CT molecular complexity index is 992. The molecule has 2 saturated heterocycles. The summed E-state index contributed by atoms with van der Waals surface area (Å²) in [6.07, 6.45) is 1.66. The Balaban J connectivity index is 1.56. The molecular weight excluding hydrogens is 416 g/mol. The highest BCUT2D eigenvalue weighted by molar-refractivity contribution is 8.00. The maximum atomic E-state index is 13.2. The predicted molar refractivity (Wildman–Crippen MR) is 128 cm³/mol. The van der Waals surface area contributed by atoms with Crippen molar-refractivity contribution in [1.82, 2.24) is 10.2 Å². The molecule has 2 atom stereocenters. The minimum Gasteiger partial charge on any atom is -0.342 e. The van der Waals surface area contributed by atoms with Gasteiger partial charge in [-0.15, -0.1) is 11.8 Å². The molecular formula is C27H26N2O2S. The molecule has 2 heterocycles. The van der Waals surface area contributed by atoms with E-state index in [-0.39, 0.29) is 17.9 Å². The number of thioether (sulfide) groups is 1. The van der Waals surface area contributed by atoms with Crippen LogP contribution in [-0.4, -0.2) is 41.1 Å². The summed E-state index contributed by atoms with van der Waals surface area (Å²) in [5.41, 5.74) is 3.45. The summed E-state index contributed by atoms with van der Waals surface area (Å²) in [6.45, 7) is 0.680. The van der Waals surface area contributed by atoms with Crippen LogP contribution in [0.2, 0.25) is 0 Å². The van der Waals surface area contributed by atoms with Crippen molar-refractivity contribution in [3.63, 3.8) is 0 Å². The fourth-order valence-electron chi connectivity index (χ4n) is 4.92. The molecule has 0 aromatic heterocycles. The van der Waals surface area contributed by atoms with Crippen LogP contribution in [0.15, 0.2) is 91.0 Å². The molecule has 3 aromatic rings. The molecule has 1 N–H and O–H groups in total. The van der Waals surface area contributed by atoms with Crippen LogP contribution in [0.25, 0.3) is 0 Å². The number of benzene rings is 3. The van der Waals surface area contributed by atoms with Crippen molar-refractivity contribution in [2.45, 2.75) is 29.7 Å². The van der Waals surface area contributed by atoms with Gasteiger partial charge < -0.3 is 10.2 Å². The van der Waals surface area contributed by atoms with Gasteiger partial charge in [0.05, 0.1) is 4.75 Å². The summed E-state index contributed by atoms with van der Waals surface area (Å²) >= 11 is 1.71. The van der Waals surface area contributed by atoms with Crippen LogP contribution < -0.4 is 5.32 Å². The van der Waals surface area contributed by atoms with E-state index < -0.39 is 10.8 Å². The van der Waals surface area contributed by atoms with Gasteiger partial charge in [-0.3, -0.25) is 9.59 Å². The van der Waals surface area contributed by atoms with Gasteiger partial charge in [-0.1, -0.05) is 91.0 Å². The molecule has 32 heavy (non-hydrogen) atoms. The third-order valence-electron chi connectivity index (χ3n) is 6.46. The summed E-state index contributed by atoms with van der Waals surface area (Å²) in [7, 11) is 0. The third kappa shape index (κ3) is 3.61. The maximum Gasteiger partial charge on any atom is 0.246 e. The lowest BCUT2D eigenvalue weighted by molar-refractivity contribution is -0.146. The van der Waals surface area contributed by atoms with E-state index >= 15 is 0 Å². The molecule has 2 fully saturated rings. The number of amides is 2. The highest BCUT2D eigenvalue weighted by Crippen LogP contribution is 2.48. The minimum absolute atomic E-state index is 0.0163. The number of hydrogen-bond donors (Lipinski definition) is 1. The molecule has 0 bridgehead atoms. The number of carbonyl (C=O) groups is 2. The average Bonchev–Trinajstić information content (AvgIpc) is 3.36. The Morgan fingerprint density at radius 2 is 1.31 bits per heavy atom.